The van der Waals surface area contributed by atoms with Gasteiger partial charge in [0.15, 0.2) is 10.9 Å². The molecule has 1 aromatic carbocycles. The predicted octanol–water partition coefficient (Wildman–Crippen LogP) is 3.34. The Morgan fingerprint density at radius 1 is 1.29 bits per heavy atom. The molecule has 0 unspecified atom stereocenters. The average molecular weight is 341 g/mol. The van der Waals surface area contributed by atoms with Gasteiger partial charge in [-0.15, -0.1) is 0 Å². The summed E-state index contributed by atoms with van der Waals surface area (Å²) < 4.78 is 1.62. The number of benzene rings is 1. The van der Waals surface area contributed by atoms with Crippen LogP contribution in [0, 0.1) is 13.8 Å². The van der Waals surface area contributed by atoms with Crippen molar-refractivity contribution in [2.24, 2.45) is 0 Å². The fourth-order valence-corrected chi connectivity index (χ4v) is 3.70. The van der Waals surface area contributed by atoms with E-state index >= 15 is 0 Å². The molecule has 6 heteroatoms. The van der Waals surface area contributed by atoms with Crippen LogP contribution < -0.4 is 5.56 Å². The van der Waals surface area contributed by atoms with E-state index < -0.39 is 0 Å². The number of nitrogens with zero attached hydrogens (tertiary/aromatic N) is 2. The number of fused-ring (bicyclic) bond motifs is 1. The van der Waals surface area contributed by atoms with Crippen LogP contribution in [0.5, 0.6) is 0 Å². The number of nitrogens with one attached hydrogen (secondary N) is 1. The number of rotatable bonds is 5. The molecule has 3 rings (SSSR count). The molecule has 124 valence electrons. The van der Waals surface area contributed by atoms with E-state index in [-0.39, 0.29) is 17.1 Å². The maximum atomic E-state index is 12.6. The number of H-pyrrole nitrogens is 1. The van der Waals surface area contributed by atoms with Crippen LogP contribution in [0.1, 0.15) is 28.7 Å². The number of carbonyl (C=O) groups is 1. The average Bonchev–Trinajstić information content (AvgIpc) is 2.91. The summed E-state index contributed by atoms with van der Waals surface area (Å²) in [4.78, 5) is 32.7. The molecule has 0 radical (unpaired) electrons. The summed E-state index contributed by atoms with van der Waals surface area (Å²) in [5.41, 5.74) is 3.14. The molecule has 0 spiro atoms. The van der Waals surface area contributed by atoms with E-state index in [1.807, 2.05) is 45.0 Å². The number of hydrogen-bond acceptors (Lipinski definition) is 4. The minimum absolute atomic E-state index is 0.0342. The summed E-state index contributed by atoms with van der Waals surface area (Å²) in [7, 11) is 0. The summed E-state index contributed by atoms with van der Waals surface area (Å²) in [5.74, 6) is 0.287. The molecule has 0 aliphatic carbocycles. The molecule has 0 aliphatic heterocycles. The van der Waals surface area contributed by atoms with Gasteiger partial charge in [-0.1, -0.05) is 23.9 Å². The third-order valence-corrected chi connectivity index (χ3v) is 4.90. The molecule has 0 amide bonds. The molecule has 1 N–H and O–H groups in total. The molecule has 5 nitrogen and oxygen atoms in total. The fourth-order valence-electron chi connectivity index (χ4n) is 2.76. The van der Waals surface area contributed by atoms with Gasteiger partial charge in [-0.05, 0) is 39.0 Å². The minimum Gasteiger partial charge on any atom is -0.362 e. The molecule has 0 saturated heterocycles. The SMILES string of the molecule is CCn1c(SCC(=O)c2cc(C)[nH]c2C)nc2ccccc2c1=O. The zero-order valence-electron chi connectivity index (χ0n) is 13.9. The van der Waals surface area contributed by atoms with Crippen LogP contribution in [0.25, 0.3) is 10.9 Å². The lowest BCUT2D eigenvalue weighted by molar-refractivity contribution is 0.102. The van der Waals surface area contributed by atoms with Crippen LogP contribution in [0.15, 0.2) is 40.3 Å². The molecule has 0 aliphatic rings. The minimum atomic E-state index is -0.0632. The first-order chi connectivity index (χ1) is 11.5. The second kappa shape index (κ2) is 6.65. The Balaban J connectivity index is 1.91. The maximum absolute atomic E-state index is 12.6. The second-order valence-electron chi connectivity index (χ2n) is 5.66. The number of aromatic nitrogens is 3. The van der Waals surface area contributed by atoms with Crippen LogP contribution in [0.2, 0.25) is 0 Å². The van der Waals surface area contributed by atoms with Gasteiger partial charge in [0.05, 0.1) is 16.7 Å². The van der Waals surface area contributed by atoms with E-state index in [0.29, 0.717) is 28.2 Å². The molecule has 3 aromatic rings. The number of thioether (sulfide) groups is 1. The van der Waals surface area contributed by atoms with Crippen LogP contribution in [0.4, 0.5) is 0 Å². The zero-order valence-corrected chi connectivity index (χ0v) is 14.7. The van der Waals surface area contributed by atoms with Crippen LogP contribution in [0.3, 0.4) is 0 Å². The van der Waals surface area contributed by atoms with Gasteiger partial charge in [0, 0.05) is 23.5 Å². The summed E-state index contributed by atoms with van der Waals surface area (Å²) in [6, 6.07) is 9.15. The van der Waals surface area contributed by atoms with Crippen molar-refractivity contribution in [1.29, 1.82) is 0 Å². The lowest BCUT2D eigenvalue weighted by Gasteiger charge is -2.10. The first-order valence-electron chi connectivity index (χ1n) is 7.83. The molecular formula is C18H19N3O2S. The topological polar surface area (TPSA) is 67.8 Å². The number of aryl methyl sites for hydroxylation is 2. The summed E-state index contributed by atoms with van der Waals surface area (Å²) in [5, 5.41) is 1.19. The largest absolute Gasteiger partial charge is 0.362 e. The van der Waals surface area contributed by atoms with Gasteiger partial charge >= 0.3 is 0 Å². The zero-order chi connectivity index (χ0) is 17.3. The lowest BCUT2D eigenvalue weighted by Crippen LogP contribution is -2.22. The van der Waals surface area contributed by atoms with Gasteiger partial charge < -0.3 is 4.98 Å². The summed E-state index contributed by atoms with van der Waals surface area (Å²) in [6.45, 7) is 6.25. The van der Waals surface area contributed by atoms with E-state index in [2.05, 4.69) is 9.97 Å². The van der Waals surface area contributed by atoms with Gasteiger partial charge in [0.2, 0.25) is 0 Å². The predicted molar refractivity (Wildman–Crippen MR) is 97.0 cm³/mol. The van der Waals surface area contributed by atoms with Crippen molar-refractivity contribution in [3.05, 3.63) is 57.6 Å². The Kier molecular flexibility index (Phi) is 4.57. The second-order valence-corrected chi connectivity index (χ2v) is 6.61. The van der Waals surface area contributed by atoms with Crippen molar-refractivity contribution in [2.75, 3.05) is 5.75 Å². The van der Waals surface area contributed by atoms with E-state index in [9.17, 15) is 9.59 Å². The van der Waals surface area contributed by atoms with Crippen LogP contribution >= 0.6 is 11.8 Å². The molecule has 2 heterocycles. The van der Waals surface area contributed by atoms with Gasteiger partial charge in [0.25, 0.3) is 5.56 Å². The quantitative estimate of drug-likeness (QED) is 0.439. The smallest absolute Gasteiger partial charge is 0.262 e. The Morgan fingerprint density at radius 3 is 2.71 bits per heavy atom. The molecule has 0 fully saturated rings. The number of para-hydroxylation sites is 1. The van der Waals surface area contributed by atoms with E-state index in [1.165, 1.54) is 11.8 Å². The van der Waals surface area contributed by atoms with Crippen LogP contribution in [-0.2, 0) is 6.54 Å². The monoisotopic (exact) mass is 341 g/mol. The van der Waals surface area contributed by atoms with E-state index in [1.54, 1.807) is 10.6 Å². The third kappa shape index (κ3) is 3.01. The number of aromatic amines is 1. The van der Waals surface area contributed by atoms with Gasteiger partial charge in [-0.3, -0.25) is 14.2 Å². The highest BCUT2D eigenvalue weighted by molar-refractivity contribution is 7.99. The normalized spacial score (nSPS) is 11.1. The fraction of sp³-hybridized carbons (Fsp3) is 0.278. The number of hydrogen-bond donors (Lipinski definition) is 1. The van der Waals surface area contributed by atoms with Crippen molar-refractivity contribution >= 4 is 28.4 Å². The lowest BCUT2D eigenvalue weighted by atomic mass is 10.2. The first kappa shape index (κ1) is 16.5. The van der Waals surface area contributed by atoms with E-state index in [4.69, 9.17) is 0 Å². The molecule has 0 bridgehead atoms. The Hall–Kier alpha value is -2.34. The molecule has 2 aromatic heterocycles. The first-order valence-corrected chi connectivity index (χ1v) is 8.81. The van der Waals surface area contributed by atoms with Crippen molar-refractivity contribution in [3.63, 3.8) is 0 Å². The highest BCUT2D eigenvalue weighted by Gasteiger charge is 2.15. The van der Waals surface area contributed by atoms with Crippen molar-refractivity contribution in [3.8, 4) is 0 Å². The maximum Gasteiger partial charge on any atom is 0.262 e. The Bertz CT molecular complexity index is 972. The van der Waals surface area contributed by atoms with Gasteiger partial charge in [-0.2, -0.15) is 0 Å². The van der Waals surface area contributed by atoms with Crippen LogP contribution in [-0.4, -0.2) is 26.1 Å². The summed E-state index contributed by atoms with van der Waals surface area (Å²) >= 11 is 1.31. The Labute approximate surface area is 144 Å². The third-order valence-electron chi connectivity index (χ3n) is 3.93. The summed E-state index contributed by atoms with van der Waals surface area (Å²) in [6.07, 6.45) is 0. The van der Waals surface area contributed by atoms with Gasteiger partial charge in [0.1, 0.15) is 0 Å². The number of carbonyl (C=O) groups excluding carboxylic acids is 1. The van der Waals surface area contributed by atoms with Gasteiger partial charge in [-0.25, -0.2) is 4.98 Å². The standard InChI is InChI=1S/C18H19N3O2S/c1-4-21-17(23)13-7-5-6-8-15(13)20-18(21)24-10-16(22)14-9-11(2)19-12(14)3/h5-9,19H,4,10H2,1-3H3. The molecule has 24 heavy (non-hydrogen) atoms. The van der Waals surface area contributed by atoms with E-state index in [0.717, 1.165) is 11.4 Å². The molecular weight excluding hydrogens is 322 g/mol. The molecule has 0 saturated carbocycles. The highest BCUT2D eigenvalue weighted by atomic mass is 32.2. The number of Topliss-reactive ketones (excluding diaryl/α,β-unsaturated/α-hetero) is 1. The number of ketones is 1. The van der Waals surface area contributed by atoms with Crippen molar-refractivity contribution in [2.45, 2.75) is 32.5 Å². The molecule has 0 atom stereocenters. The van der Waals surface area contributed by atoms with Crippen molar-refractivity contribution in [1.82, 2.24) is 14.5 Å². The highest BCUT2D eigenvalue weighted by Crippen LogP contribution is 2.20. The Morgan fingerprint density at radius 2 is 2.04 bits per heavy atom. The van der Waals surface area contributed by atoms with Crippen molar-refractivity contribution < 1.29 is 4.79 Å².